The Balaban J connectivity index is 1.72. The largest absolute Gasteiger partial charge is 0.467 e. The van der Waals surface area contributed by atoms with E-state index in [1.54, 1.807) is 17.0 Å². The molecule has 5 nitrogen and oxygen atoms in total. The fourth-order valence-electron chi connectivity index (χ4n) is 4.14. The topological polar surface area (TPSA) is 63.7 Å². The highest BCUT2D eigenvalue weighted by atomic mass is 19.1. The summed E-state index contributed by atoms with van der Waals surface area (Å²) in [6.07, 6.45) is 1.54. The number of carbonyl (C=O) groups excluding carboxylic acids is 1. The monoisotopic (exact) mass is 417 g/mol. The van der Waals surface area contributed by atoms with Crippen LogP contribution < -0.4 is 5.43 Å². The molecule has 0 saturated heterocycles. The Labute approximate surface area is 177 Å². The maximum absolute atomic E-state index is 13.8. The zero-order chi connectivity index (χ0) is 21.7. The van der Waals surface area contributed by atoms with E-state index in [2.05, 4.69) is 13.8 Å². The SMILES string of the molecule is CC(C)c1ccc([C@@H]2c3c(oc4ccc(F)cc4c3=O)C(=O)N2Cc2ccco2)cc1. The van der Waals surface area contributed by atoms with E-state index in [0.717, 1.165) is 17.2 Å². The predicted molar refractivity (Wildman–Crippen MR) is 113 cm³/mol. The minimum atomic E-state index is -0.655. The minimum Gasteiger partial charge on any atom is -0.467 e. The van der Waals surface area contributed by atoms with Crippen molar-refractivity contribution in [1.29, 1.82) is 0 Å². The first-order valence-corrected chi connectivity index (χ1v) is 10.1. The van der Waals surface area contributed by atoms with Crippen molar-refractivity contribution in [1.82, 2.24) is 4.90 Å². The number of hydrogen-bond donors (Lipinski definition) is 0. The lowest BCUT2D eigenvalue weighted by molar-refractivity contribution is 0.0701. The van der Waals surface area contributed by atoms with Crippen LogP contribution in [0.15, 0.2) is 74.5 Å². The van der Waals surface area contributed by atoms with Crippen molar-refractivity contribution < 1.29 is 18.0 Å². The Kier molecular flexibility index (Phi) is 4.50. The van der Waals surface area contributed by atoms with Crippen molar-refractivity contribution >= 4 is 16.9 Å². The van der Waals surface area contributed by atoms with E-state index in [1.165, 1.54) is 18.4 Å². The van der Waals surface area contributed by atoms with Crippen LogP contribution in [-0.4, -0.2) is 10.8 Å². The fraction of sp³-hybridized carbons (Fsp3) is 0.200. The summed E-state index contributed by atoms with van der Waals surface area (Å²) in [6.45, 7) is 4.38. The molecule has 0 bridgehead atoms. The lowest BCUT2D eigenvalue weighted by Crippen LogP contribution is -2.29. The number of benzene rings is 2. The van der Waals surface area contributed by atoms with Crippen molar-refractivity contribution in [2.45, 2.75) is 32.4 Å². The Morgan fingerprint density at radius 1 is 1.06 bits per heavy atom. The normalized spacial score (nSPS) is 15.8. The summed E-state index contributed by atoms with van der Waals surface area (Å²) in [6, 6.07) is 14.4. The van der Waals surface area contributed by atoms with Gasteiger partial charge in [-0.05, 0) is 47.4 Å². The third-order valence-corrected chi connectivity index (χ3v) is 5.75. The third kappa shape index (κ3) is 3.15. The summed E-state index contributed by atoms with van der Waals surface area (Å²) >= 11 is 0. The lowest BCUT2D eigenvalue weighted by Gasteiger charge is -2.24. The number of rotatable bonds is 4. The number of furan rings is 1. The number of halogens is 1. The van der Waals surface area contributed by atoms with Gasteiger partial charge in [-0.2, -0.15) is 0 Å². The zero-order valence-electron chi connectivity index (χ0n) is 17.1. The maximum atomic E-state index is 13.8. The van der Waals surface area contributed by atoms with Crippen molar-refractivity contribution in [3.63, 3.8) is 0 Å². The fourth-order valence-corrected chi connectivity index (χ4v) is 4.14. The van der Waals surface area contributed by atoms with Crippen molar-refractivity contribution in [2.24, 2.45) is 0 Å². The molecule has 1 amide bonds. The number of nitrogens with zero attached hydrogens (tertiary/aromatic N) is 1. The molecule has 5 rings (SSSR count). The van der Waals surface area contributed by atoms with Crippen LogP contribution in [0.2, 0.25) is 0 Å². The van der Waals surface area contributed by atoms with Gasteiger partial charge in [-0.15, -0.1) is 0 Å². The van der Waals surface area contributed by atoms with E-state index < -0.39 is 23.2 Å². The molecule has 0 fully saturated rings. The summed E-state index contributed by atoms with van der Waals surface area (Å²) in [7, 11) is 0. The predicted octanol–water partition coefficient (Wildman–Crippen LogP) is 5.39. The average molecular weight is 417 g/mol. The first kappa shape index (κ1) is 19.3. The number of carbonyl (C=O) groups is 1. The quantitative estimate of drug-likeness (QED) is 0.446. The highest BCUT2D eigenvalue weighted by molar-refractivity contribution is 5.99. The van der Waals surface area contributed by atoms with Gasteiger partial charge in [0, 0.05) is 0 Å². The van der Waals surface area contributed by atoms with Crippen molar-refractivity contribution in [2.75, 3.05) is 0 Å². The van der Waals surface area contributed by atoms with Crippen LogP contribution >= 0.6 is 0 Å². The van der Waals surface area contributed by atoms with Gasteiger partial charge in [0.25, 0.3) is 5.91 Å². The average Bonchev–Trinajstić information content (AvgIpc) is 3.36. The summed E-state index contributed by atoms with van der Waals surface area (Å²) in [5.74, 6) is 0.00590. The van der Waals surface area contributed by atoms with Gasteiger partial charge >= 0.3 is 0 Å². The Morgan fingerprint density at radius 3 is 2.52 bits per heavy atom. The molecule has 2 aromatic carbocycles. The van der Waals surface area contributed by atoms with Gasteiger partial charge in [0.15, 0.2) is 5.43 Å². The van der Waals surface area contributed by atoms with Gasteiger partial charge in [0.05, 0.1) is 29.8 Å². The van der Waals surface area contributed by atoms with Crippen LogP contribution in [0.5, 0.6) is 0 Å². The van der Waals surface area contributed by atoms with Crippen LogP contribution in [-0.2, 0) is 6.54 Å². The van der Waals surface area contributed by atoms with Gasteiger partial charge in [-0.25, -0.2) is 4.39 Å². The Morgan fingerprint density at radius 2 is 1.84 bits per heavy atom. The third-order valence-electron chi connectivity index (χ3n) is 5.75. The Bertz CT molecular complexity index is 1340. The van der Waals surface area contributed by atoms with Crippen LogP contribution in [0.4, 0.5) is 4.39 Å². The number of fused-ring (bicyclic) bond motifs is 2. The maximum Gasteiger partial charge on any atom is 0.291 e. The minimum absolute atomic E-state index is 0.00593. The van der Waals surface area contributed by atoms with Gasteiger partial charge < -0.3 is 13.7 Å². The molecule has 156 valence electrons. The molecular weight excluding hydrogens is 397 g/mol. The van der Waals surface area contributed by atoms with E-state index in [-0.39, 0.29) is 28.8 Å². The Hall–Kier alpha value is -3.67. The van der Waals surface area contributed by atoms with Crippen LogP contribution in [0.3, 0.4) is 0 Å². The molecule has 2 aromatic heterocycles. The van der Waals surface area contributed by atoms with E-state index in [0.29, 0.717) is 11.7 Å². The standard InChI is InChI=1S/C25H20FNO4/c1-14(2)15-5-7-16(8-6-15)22-21-23(28)19-12-17(26)9-10-20(19)31-24(21)25(29)27(22)13-18-4-3-11-30-18/h3-12,14,22H,13H2,1-2H3/t22-/m1/s1. The molecule has 0 aliphatic carbocycles. The van der Waals surface area contributed by atoms with Crippen LogP contribution in [0.1, 0.15) is 58.8 Å². The molecule has 0 unspecified atom stereocenters. The van der Waals surface area contributed by atoms with E-state index in [4.69, 9.17) is 8.83 Å². The van der Waals surface area contributed by atoms with E-state index in [1.807, 2.05) is 24.3 Å². The first-order valence-electron chi connectivity index (χ1n) is 10.1. The van der Waals surface area contributed by atoms with Gasteiger partial charge in [-0.1, -0.05) is 38.1 Å². The molecule has 0 saturated carbocycles. The van der Waals surface area contributed by atoms with Crippen molar-refractivity contribution in [3.8, 4) is 0 Å². The second kappa shape index (κ2) is 7.23. The second-order valence-corrected chi connectivity index (χ2v) is 8.05. The highest BCUT2D eigenvalue weighted by Crippen LogP contribution is 2.39. The molecule has 1 atom stereocenters. The number of hydrogen-bond acceptors (Lipinski definition) is 4. The summed E-state index contributed by atoms with van der Waals surface area (Å²) in [4.78, 5) is 28.3. The summed E-state index contributed by atoms with van der Waals surface area (Å²) in [5.41, 5.74) is 1.95. The van der Waals surface area contributed by atoms with Gasteiger partial charge in [0.2, 0.25) is 5.76 Å². The molecule has 4 aromatic rings. The molecule has 6 heteroatoms. The lowest BCUT2D eigenvalue weighted by atomic mass is 9.95. The molecule has 0 N–H and O–H groups in total. The van der Waals surface area contributed by atoms with Gasteiger partial charge in [0.1, 0.15) is 17.2 Å². The molecule has 0 radical (unpaired) electrons. The van der Waals surface area contributed by atoms with Gasteiger partial charge in [-0.3, -0.25) is 9.59 Å². The van der Waals surface area contributed by atoms with E-state index in [9.17, 15) is 14.0 Å². The molecule has 0 spiro atoms. The highest BCUT2D eigenvalue weighted by Gasteiger charge is 2.43. The first-order chi connectivity index (χ1) is 14.9. The second-order valence-electron chi connectivity index (χ2n) is 8.05. The molecule has 1 aliphatic rings. The zero-order valence-corrected chi connectivity index (χ0v) is 17.1. The molecule has 31 heavy (non-hydrogen) atoms. The summed E-state index contributed by atoms with van der Waals surface area (Å²) < 4.78 is 25.1. The van der Waals surface area contributed by atoms with Crippen LogP contribution in [0, 0.1) is 5.82 Å². The number of amides is 1. The molecule has 3 heterocycles. The van der Waals surface area contributed by atoms with Crippen LogP contribution in [0.25, 0.3) is 11.0 Å². The van der Waals surface area contributed by atoms with Crippen molar-refractivity contribution in [3.05, 3.63) is 105 Å². The summed E-state index contributed by atoms with van der Waals surface area (Å²) in [5, 5.41) is 0.121. The molecular formula is C25H20FNO4. The molecule has 1 aliphatic heterocycles. The smallest absolute Gasteiger partial charge is 0.291 e. The van der Waals surface area contributed by atoms with E-state index >= 15 is 0 Å².